The third-order valence-electron chi connectivity index (χ3n) is 2.84. The summed E-state index contributed by atoms with van der Waals surface area (Å²) in [6, 6.07) is 14.3. The maximum atomic E-state index is 12.0. The number of nitrogens with zero attached hydrogens (tertiary/aromatic N) is 2. The molecule has 2 aromatic carbocycles. The van der Waals surface area contributed by atoms with Gasteiger partial charge < -0.3 is 5.32 Å². The fourth-order valence-corrected chi connectivity index (χ4v) is 1.74. The third-order valence-corrected chi connectivity index (χ3v) is 2.84. The normalized spacial score (nSPS) is 9.67. The summed E-state index contributed by atoms with van der Waals surface area (Å²) in [6.45, 7) is 0. The summed E-state index contributed by atoms with van der Waals surface area (Å²) in [5, 5.41) is 21.8. The van der Waals surface area contributed by atoms with Gasteiger partial charge in [-0.1, -0.05) is 12.1 Å². The number of non-ortho nitro benzene ring substituents is 1. The molecule has 1 amide bonds. The summed E-state index contributed by atoms with van der Waals surface area (Å²) in [5.41, 5.74) is 1.74. The number of carbonyl (C=O) groups is 1. The molecule has 1 N–H and O–H groups in total. The zero-order chi connectivity index (χ0) is 15.2. The van der Waals surface area contributed by atoms with E-state index in [4.69, 9.17) is 5.26 Å². The molecule has 104 valence electrons. The maximum Gasteiger partial charge on any atom is 0.269 e. The largest absolute Gasteiger partial charge is 0.322 e. The molecule has 0 heterocycles. The highest BCUT2D eigenvalue weighted by atomic mass is 16.6. The molecule has 2 aromatic rings. The molecule has 0 radical (unpaired) electrons. The van der Waals surface area contributed by atoms with Crippen LogP contribution in [0.15, 0.2) is 48.5 Å². The summed E-state index contributed by atoms with van der Waals surface area (Å²) >= 11 is 0. The Bertz CT molecular complexity index is 700. The molecule has 0 saturated carbocycles. The Kier molecular flexibility index (Phi) is 4.26. The van der Waals surface area contributed by atoms with E-state index in [0.29, 0.717) is 17.7 Å². The summed E-state index contributed by atoms with van der Waals surface area (Å²) in [4.78, 5) is 22.0. The molecule has 0 aliphatic rings. The number of amides is 1. The van der Waals surface area contributed by atoms with Crippen molar-refractivity contribution in [2.24, 2.45) is 0 Å². The lowest BCUT2D eigenvalue weighted by molar-refractivity contribution is -0.384. The van der Waals surface area contributed by atoms with Crippen LogP contribution in [-0.2, 0) is 6.42 Å². The highest BCUT2D eigenvalue weighted by molar-refractivity contribution is 6.04. The summed E-state index contributed by atoms with van der Waals surface area (Å²) in [5.74, 6) is -0.349. The first kappa shape index (κ1) is 14.2. The second kappa shape index (κ2) is 6.30. The second-order valence-corrected chi connectivity index (χ2v) is 4.29. The number of nitro groups is 1. The van der Waals surface area contributed by atoms with Crippen LogP contribution in [0.2, 0.25) is 0 Å². The number of hydrogen-bond acceptors (Lipinski definition) is 4. The number of benzene rings is 2. The molecule has 0 saturated heterocycles. The zero-order valence-electron chi connectivity index (χ0n) is 10.9. The average Bonchev–Trinajstić information content (AvgIpc) is 2.49. The van der Waals surface area contributed by atoms with E-state index in [2.05, 4.69) is 5.32 Å². The van der Waals surface area contributed by atoms with E-state index < -0.39 is 4.92 Å². The number of carbonyl (C=O) groups excluding carboxylic acids is 1. The average molecular weight is 281 g/mol. The summed E-state index contributed by atoms with van der Waals surface area (Å²) < 4.78 is 0. The maximum absolute atomic E-state index is 12.0. The van der Waals surface area contributed by atoms with Crippen molar-refractivity contribution in [1.29, 1.82) is 5.26 Å². The number of rotatable bonds is 4. The van der Waals surface area contributed by atoms with E-state index in [-0.39, 0.29) is 11.6 Å². The molecule has 0 aromatic heterocycles. The van der Waals surface area contributed by atoms with Crippen molar-refractivity contribution in [3.8, 4) is 6.07 Å². The molecule has 0 aliphatic heterocycles. The molecule has 0 aliphatic carbocycles. The van der Waals surface area contributed by atoms with Crippen molar-refractivity contribution in [3.05, 3.63) is 69.8 Å². The van der Waals surface area contributed by atoms with Gasteiger partial charge >= 0.3 is 0 Å². The van der Waals surface area contributed by atoms with Gasteiger partial charge in [-0.15, -0.1) is 0 Å². The number of anilines is 1. The Labute approximate surface area is 120 Å². The SMILES string of the molecule is N#CCc1ccc(NC(=O)c2ccc([N+](=O)[O-])cc2)cc1. The zero-order valence-corrected chi connectivity index (χ0v) is 10.9. The van der Waals surface area contributed by atoms with Gasteiger partial charge in [-0.25, -0.2) is 0 Å². The fraction of sp³-hybridized carbons (Fsp3) is 0.0667. The number of nitriles is 1. The van der Waals surface area contributed by atoms with Crippen molar-refractivity contribution < 1.29 is 9.72 Å². The van der Waals surface area contributed by atoms with Crippen LogP contribution in [-0.4, -0.2) is 10.8 Å². The van der Waals surface area contributed by atoms with Gasteiger partial charge in [-0.05, 0) is 29.8 Å². The minimum Gasteiger partial charge on any atom is -0.322 e. The molecule has 0 unspecified atom stereocenters. The fourth-order valence-electron chi connectivity index (χ4n) is 1.74. The van der Waals surface area contributed by atoms with Gasteiger partial charge in [0.2, 0.25) is 0 Å². The number of hydrogen-bond donors (Lipinski definition) is 1. The van der Waals surface area contributed by atoms with Gasteiger partial charge in [0, 0.05) is 23.4 Å². The molecule has 0 atom stereocenters. The van der Waals surface area contributed by atoms with E-state index in [1.165, 1.54) is 24.3 Å². The lowest BCUT2D eigenvalue weighted by Crippen LogP contribution is -2.11. The standard InChI is InChI=1S/C15H11N3O3/c16-10-9-11-1-5-13(6-2-11)17-15(19)12-3-7-14(8-4-12)18(20)21/h1-8H,9H2,(H,17,19). The Morgan fingerprint density at radius 1 is 1.14 bits per heavy atom. The van der Waals surface area contributed by atoms with Crippen LogP contribution in [0.25, 0.3) is 0 Å². The topological polar surface area (TPSA) is 96.0 Å². The van der Waals surface area contributed by atoms with Crippen LogP contribution >= 0.6 is 0 Å². The van der Waals surface area contributed by atoms with Crippen molar-refractivity contribution in [1.82, 2.24) is 0 Å². The van der Waals surface area contributed by atoms with E-state index in [0.717, 1.165) is 5.56 Å². The summed E-state index contributed by atoms with van der Waals surface area (Å²) in [6.07, 6.45) is 0.316. The minimum absolute atomic E-state index is 0.0626. The van der Waals surface area contributed by atoms with Gasteiger partial charge in [0.05, 0.1) is 17.4 Å². The smallest absolute Gasteiger partial charge is 0.269 e. The van der Waals surface area contributed by atoms with E-state index >= 15 is 0 Å². The Morgan fingerprint density at radius 3 is 2.29 bits per heavy atom. The van der Waals surface area contributed by atoms with Crippen molar-refractivity contribution in [2.75, 3.05) is 5.32 Å². The van der Waals surface area contributed by atoms with Crippen LogP contribution in [0.5, 0.6) is 0 Å². The van der Waals surface area contributed by atoms with Gasteiger partial charge in [-0.3, -0.25) is 14.9 Å². The molecule has 6 heteroatoms. The van der Waals surface area contributed by atoms with Crippen molar-refractivity contribution in [3.63, 3.8) is 0 Å². The molecular weight excluding hydrogens is 270 g/mol. The predicted molar refractivity (Wildman–Crippen MR) is 76.8 cm³/mol. The van der Waals surface area contributed by atoms with Crippen LogP contribution in [0.4, 0.5) is 11.4 Å². The molecule has 2 rings (SSSR count). The lowest BCUT2D eigenvalue weighted by Gasteiger charge is -2.05. The van der Waals surface area contributed by atoms with Crippen LogP contribution in [0.1, 0.15) is 15.9 Å². The molecule has 0 fully saturated rings. The predicted octanol–water partition coefficient (Wildman–Crippen LogP) is 2.91. The Balaban J connectivity index is 2.07. The molecular formula is C15H11N3O3. The highest BCUT2D eigenvalue weighted by Gasteiger charge is 2.09. The van der Waals surface area contributed by atoms with Gasteiger partial charge in [0.15, 0.2) is 0 Å². The van der Waals surface area contributed by atoms with E-state index in [9.17, 15) is 14.9 Å². The van der Waals surface area contributed by atoms with Crippen LogP contribution < -0.4 is 5.32 Å². The molecule has 0 bridgehead atoms. The Hall–Kier alpha value is -3.20. The molecule has 0 spiro atoms. The van der Waals surface area contributed by atoms with E-state index in [1.807, 2.05) is 6.07 Å². The second-order valence-electron chi connectivity index (χ2n) is 4.29. The number of nitro benzene ring substituents is 1. The van der Waals surface area contributed by atoms with Crippen molar-refractivity contribution >= 4 is 17.3 Å². The third kappa shape index (κ3) is 3.64. The highest BCUT2D eigenvalue weighted by Crippen LogP contribution is 2.15. The monoisotopic (exact) mass is 281 g/mol. The van der Waals surface area contributed by atoms with Gasteiger partial charge in [0.1, 0.15) is 0 Å². The molecule has 21 heavy (non-hydrogen) atoms. The first-order chi connectivity index (χ1) is 10.1. The molecule has 6 nitrogen and oxygen atoms in total. The quantitative estimate of drug-likeness (QED) is 0.688. The van der Waals surface area contributed by atoms with Crippen molar-refractivity contribution in [2.45, 2.75) is 6.42 Å². The minimum atomic E-state index is -0.518. The lowest BCUT2D eigenvalue weighted by atomic mass is 10.1. The van der Waals surface area contributed by atoms with Crippen LogP contribution in [0, 0.1) is 21.4 Å². The first-order valence-electron chi connectivity index (χ1n) is 6.12. The Morgan fingerprint density at radius 2 is 1.76 bits per heavy atom. The summed E-state index contributed by atoms with van der Waals surface area (Å²) in [7, 11) is 0. The van der Waals surface area contributed by atoms with E-state index in [1.54, 1.807) is 24.3 Å². The van der Waals surface area contributed by atoms with Gasteiger partial charge in [0.25, 0.3) is 11.6 Å². The first-order valence-corrected chi connectivity index (χ1v) is 6.12. The number of nitrogens with one attached hydrogen (secondary N) is 1. The van der Waals surface area contributed by atoms with Crippen LogP contribution in [0.3, 0.4) is 0 Å². The van der Waals surface area contributed by atoms with Gasteiger partial charge in [-0.2, -0.15) is 5.26 Å².